The minimum absolute atomic E-state index is 0.0827. The highest BCUT2D eigenvalue weighted by Gasteiger charge is 2.28. The third-order valence-electron chi connectivity index (χ3n) is 4.68. The minimum atomic E-state index is -0.292. The first-order valence-electron chi connectivity index (χ1n) is 8.82. The number of nitrogens with zero attached hydrogens (tertiary/aromatic N) is 2. The SMILES string of the molecule is CCOC(=O)c1ccc(-c2ccc(C(=O)N3CCC(N(C)C)C3)cc2)s1. The molecule has 26 heavy (non-hydrogen) atoms. The minimum Gasteiger partial charge on any atom is -0.462 e. The van der Waals surface area contributed by atoms with Crippen LogP contribution in [0.2, 0.25) is 0 Å². The van der Waals surface area contributed by atoms with E-state index >= 15 is 0 Å². The number of carbonyl (C=O) groups excluding carboxylic acids is 2. The fraction of sp³-hybridized carbons (Fsp3) is 0.400. The van der Waals surface area contributed by atoms with Crippen molar-refractivity contribution >= 4 is 23.2 Å². The lowest BCUT2D eigenvalue weighted by Crippen LogP contribution is -2.34. The molecule has 1 atom stereocenters. The number of amides is 1. The van der Waals surface area contributed by atoms with Crippen molar-refractivity contribution in [1.82, 2.24) is 9.80 Å². The van der Waals surface area contributed by atoms with Crippen LogP contribution in [0.3, 0.4) is 0 Å². The van der Waals surface area contributed by atoms with Crippen molar-refractivity contribution in [1.29, 1.82) is 0 Å². The fourth-order valence-corrected chi connectivity index (χ4v) is 4.02. The van der Waals surface area contributed by atoms with Crippen LogP contribution in [0.4, 0.5) is 0 Å². The molecule has 3 rings (SSSR count). The van der Waals surface area contributed by atoms with Gasteiger partial charge in [0.1, 0.15) is 4.88 Å². The Bertz CT molecular complexity index is 783. The van der Waals surface area contributed by atoms with Gasteiger partial charge in [-0.05, 0) is 57.3 Å². The van der Waals surface area contributed by atoms with Crippen molar-refractivity contribution in [3.05, 3.63) is 46.8 Å². The number of rotatable bonds is 5. The van der Waals surface area contributed by atoms with Crippen LogP contribution in [-0.4, -0.2) is 61.5 Å². The van der Waals surface area contributed by atoms with Crippen LogP contribution in [-0.2, 0) is 4.74 Å². The standard InChI is InChI=1S/C20H24N2O3S/c1-4-25-20(24)18-10-9-17(26-18)14-5-7-15(8-6-14)19(23)22-12-11-16(13-22)21(2)3/h5-10,16H,4,11-13H2,1-3H3. The largest absolute Gasteiger partial charge is 0.462 e. The topological polar surface area (TPSA) is 49.9 Å². The van der Waals surface area contributed by atoms with Crippen molar-refractivity contribution in [2.75, 3.05) is 33.8 Å². The van der Waals surface area contributed by atoms with Crippen LogP contribution in [0.25, 0.3) is 10.4 Å². The van der Waals surface area contributed by atoms with Gasteiger partial charge in [0.15, 0.2) is 0 Å². The third-order valence-corrected chi connectivity index (χ3v) is 5.79. The lowest BCUT2D eigenvalue weighted by molar-refractivity contribution is 0.0532. The first-order valence-corrected chi connectivity index (χ1v) is 9.64. The molecule has 1 saturated heterocycles. The van der Waals surface area contributed by atoms with Crippen LogP contribution in [0.1, 0.15) is 33.4 Å². The molecule has 1 aliphatic rings. The molecular formula is C20H24N2O3S. The van der Waals surface area contributed by atoms with Gasteiger partial charge in [0.05, 0.1) is 6.61 Å². The van der Waals surface area contributed by atoms with E-state index in [9.17, 15) is 9.59 Å². The molecule has 1 aliphatic heterocycles. The molecule has 0 saturated carbocycles. The van der Waals surface area contributed by atoms with Gasteiger partial charge < -0.3 is 14.5 Å². The molecule has 0 bridgehead atoms. The van der Waals surface area contributed by atoms with Gasteiger partial charge in [0.25, 0.3) is 5.91 Å². The van der Waals surface area contributed by atoms with E-state index in [1.165, 1.54) is 11.3 Å². The summed E-state index contributed by atoms with van der Waals surface area (Å²) in [5.41, 5.74) is 1.70. The smallest absolute Gasteiger partial charge is 0.348 e. The van der Waals surface area contributed by atoms with Gasteiger partial charge in [0, 0.05) is 29.6 Å². The Morgan fingerprint density at radius 3 is 2.54 bits per heavy atom. The van der Waals surface area contributed by atoms with Gasteiger partial charge in [-0.1, -0.05) is 12.1 Å². The van der Waals surface area contributed by atoms with Gasteiger partial charge in [-0.25, -0.2) is 4.79 Å². The number of benzene rings is 1. The van der Waals surface area contributed by atoms with E-state index in [0.29, 0.717) is 23.1 Å². The molecule has 6 heteroatoms. The second kappa shape index (κ2) is 8.01. The van der Waals surface area contributed by atoms with Gasteiger partial charge in [-0.3, -0.25) is 4.79 Å². The monoisotopic (exact) mass is 372 g/mol. The molecule has 2 aromatic rings. The number of likely N-dealkylation sites (tertiary alicyclic amines) is 1. The van der Waals surface area contributed by atoms with Crippen LogP contribution >= 0.6 is 11.3 Å². The van der Waals surface area contributed by atoms with Gasteiger partial charge in [0.2, 0.25) is 0 Å². The van der Waals surface area contributed by atoms with E-state index in [1.807, 2.05) is 35.2 Å². The van der Waals surface area contributed by atoms with Crippen LogP contribution in [0.15, 0.2) is 36.4 Å². The van der Waals surface area contributed by atoms with Gasteiger partial charge in [-0.15, -0.1) is 11.3 Å². The molecule has 1 aromatic heterocycles. The Labute approximate surface area is 158 Å². The lowest BCUT2D eigenvalue weighted by atomic mass is 10.1. The summed E-state index contributed by atoms with van der Waals surface area (Å²) < 4.78 is 5.03. The summed E-state index contributed by atoms with van der Waals surface area (Å²) in [6, 6.07) is 11.7. The average Bonchev–Trinajstić information content (AvgIpc) is 3.31. The molecule has 0 N–H and O–H groups in total. The number of carbonyl (C=O) groups is 2. The summed E-state index contributed by atoms with van der Waals surface area (Å²) >= 11 is 1.40. The van der Waals surface area contributed by atoms with Gasteiger partial charge in [-0.2, -0.15) is 0 Å². The molecule has 0 radical (unpaired) electrons. The summed E-state index contributed by atoms with van der Waals surface area (Å²) in [5.74, 6) is -0.209. The molecule has 1 amide bonds. The molecule has 0 spiro atoms. The summed E-state index contributed by atoms with van der Waals surface area (Å²) in [7, 11) is 4.11. The third kappa shape index (κ3) is 3.97. The maximum atomic E-state index is 12.7. The summed E-state index contributed by atoms with van der Waals surface area (Å²) in [6.45, 7) is 3.75. The van der Waals surface area contributed by atoms with Crippen molar-refractivity contribution < 1.29 is 14.3 Å². The normalized spacial score (nSPS) is 16.9. The Morgan fingerprint density at radius 2 is 1.92 bits per heavy atom. The average molecular weight is 372 g/mol. The van der Waals surface area contributed by atoms with E-state index in [4.69, 9.17) is 4.74 Å². The van der Waals surface area contributed by atoms with Crippen LogP contribution in [0.5, 0.6) is 0 Å². The highest BCUT2D eigenvalue weighted by Crippen LogP contribution is 2.29. The number of thiophene rings is 1. The maximum Gasteiger partial charge on any atom is 0.348 e. The number of ether oxygens (including phenoxy) is 1. The van der Waals surface area contributed by atoms with E-state index in [2.05, 4.69) is 19.0 Å². The molecule has 2 heterocycles. The predicted molar refractivity (Wildman–Crippen MR) is 104 cm³/mol. The van der Waals surface area contributed by atoms with E-state index in [1.54, 1.807) is 13.0 Å². The van der Waals surface area contributed by atoms with Crippen LogP contribution in [0, 0.1) is 0 Å². The Hall–Kier alpha value is -2.18. The lowest BCUT2D eigenvalue weighted by Gasteiger charge is -2.20. The zero-order chi connectivity index (χ0) is 18.7. The highest BCUT2D eigenvalue weighted by atomic mass is 32.1. The summed E-state index contributed by atoms with van der Waals surface area (Å²) in [5, 5.41) is 0. The summed E-state index contributed by atoms with van der Waals surface area (Å²) in [4.78, 5) is 30.1. The number of hydrogen-bond donors (Lipinski definition) is 0. The van der Waals surface area contributed by atoms with Crippen molar-refractivity contribution in [3.63, 3.8) is 0 Å². The predicted octanol–water partition coefficient (Wildman–Crippen LogP) is 3.37. The summed E-state index contributed by atoms with van der Waals surface area (Å²) in [6.07, 6.45) is 1.02. The zero-order valence-corrected chi connectivity index (χ0v) is 16.2. The molecule has 1 fully saturated rings. The van der Waals surface area contributed by atoms with Crippen molar-refractivity contribution in [2.24, 2.45) is 0 Å². The maximum absolute atomic E-state index is 12.7. The fourth-order valence-electron chi connectivity index (χ4n) is 3.11. The zero-order valence-electron chi connectivity index (χ0n) is 15.4. The molecule has 5 nitrogen and oxygen atoms in total. The second-order valence-corrected chi connectivity index (χ2v) is 7.70. The van der Waals surface area contributed by atoms with E-state index in [-0.39, 0.29) is 11.9 Å². The van der Waals surface area contributed by atoms with Crippen LogP contribution < -0.4 is 0 Å². The highest BCUT2D eigenvalue weighted by molar-refractivity contribution is 7.17. The van der Waals surface area contributed by atoms with Gasteiger partial charge >= 0.3 is 5.97 Å². The van der Waals surface area contributed by atoms with Crippen molar-refractivity contribution in [2.45, 2.75) is 19.4 Å². The molecule has 1 unspecified atom stereocenters. The van der Waals surface area contributed by atoms with E-state index < -0.39 is 0 Å². The number of hydrogen-bond acceptors (Lipinski definition) is 5. The number of likely N-dealkylation sites (N-methyl/N-ethyl adjacent to an activating group) is 1. The molecule has 1 aromatic carbocycles. The Kier molecular flexibility index (Phi) is 5.74. The first kappa shape index (κ1) is 18.6. The molecular weight excluding hydrogens is 348 g/mol. The Morgan fingerprint density at radius 1 is 1.19 bits per heavy atom. The quantitative estimate of drug-likeness (QED) is 0.755. The second-order valence-electron chi connectivity index (χ2n) is 6.62. The first-order chi connectivity index (χ1) is 12.5. The number of esters is 1. The van der Waals surface area contributed by atoms with Crippen molar-refractivity contribution in [3.8, 4) is 10.4 Å². The van der Waals surface area contributed by atoms with E-state index in [0.717, 1.165) is 30.0 Å². The molecule has 0 aliphatic carbocycles. The molecule has 138 valence electrons. The Balaban J connectivity index is 1.69.